The van der Waals surface area contributed by atoms with Gasteiger partial charge in [0.1, 0.15) is 12.4 Å². The SMILES string of the molecule is CC.CC.CCc1ccc2c(c1)OCCN2. The lowest BCUT2D eigenvalue weighted by molar-refractivity contribution is 0.323. The first-order valence-electron chi connectivity index (χ1n) is 6.40. The Bertz CT molecular complexity index is 284. The second-order valence-electron chi connectivity index (χ2n) is 2.96. The van der Waals surface area contributed by atoms with Crippen molar-refractivity contribution in [2.24, 2.45) is 0 Å². The summed E-state index contributed by atoms with van der Waals surface area (Å²) in [6.07, 6.45) is 1.07. The van der Waals surface area contributed by atoms with Gasteiger partial charge in [-0.05, 0) is 24.1 Å². The lowest BCUT2D eigenvalue weighted by Crippen LogP contribution is -2.17. The summed E-state index contributed by atoms with van der Waals surface area (Å²) in [6, 6.07) is 6.34. The molecule has 0 bridgehead atoms. The first-order chi connectivity index (χ1) is 7.90. The topological polar surface area (TPSA) is 21.3 Å². The summed E-state index contributed by atoms with van der Waals surface area (Å²) in [5.74, 6) is 1.00. The van der Waals surface area contributed by atoms with Crippen LogP contribution in [-0.2, 0) is 6.42 Å². The number of ether oxygens (including phenoxy) is 1. The lowest BCUT2D eigenvalue weighted by atomic mass is 10.1. The van der Waals surface area contributed by atoms with Crippen molar-refractivity contribution >= 4 is 5.69 Å². The zero-order chi connectivity index (χ0) is 12.4. The van der Waals surface area contributed by atoms with Crippen LogP contribution in [0.2, 0.25) is 0 Å². The Labute approximate surface area is 100 Å². The molecule has 0 saturated heterocycles. The van der Waals surface area contributed by atoms with Crippen molar-refractivity contribution in [2.45, 2.75) is 41.0 Å². The molecular formula is C14H25NO. The first kappa shape index (κ1) is 14.8. The second kappa shape index (κ2) is 9.08. The van der Waals surface area contributed by atoms with Crippen LogP contribution in [0.4, 0.5) is 5.69 Å². The fourth-order valence-electron chi connectivity index (χ4n) is 1.40. The number of benzene rings is 1. The monoisotopic (exact) mass is 223 g/mol. The summed E-state index contributed by atoms with van der Waals surface area (Å²) in [5, 5.41) is 3.29. The smallest absolute Gasteiger partial charge is 0.142 e. The van der Waals surface area contributed by atoms with E-state index >= 15 is 0 Å². The maximum Gasteiger partial charge on any atom is 0.142 e. The van der Waals surface area contributed by atoms with Gasteiger partial charge in [-0.25, -0.2) is 0 Å². The van der Waals surface area contributed by atoms with E-state index in [1.165, 1.54) is 5.56 Å². The molecule has 16 heavy (non-hydrogen) atoms. The Hall–Kier alpha value is -1.18. The Balaban J connectivity index is 0.000000509. The molecule has 1 aliphatic rings. The molecule has 0 amide bonds. The number of nitrogens with one attached hydrogen (secondary N) is 1. The van der Waals surface area contributed by atoms with E-state index in [1.807, 2.05) is 27.7 Å². The largest absolute Gasteiger partial charge is 0.490 e. The van der Waals surface area contributed by atoms with Crippen molar-refractivity contribution in [2.75, 3.05) is 18.5 Å². The highest BCUT2D eigenvalue weighted by molar-refractivity contribution is 5.58. The van der Waals surface area contributed by atoms with Gasteiger partial charge in [-0.1, -0.05) is 40.7 Å². The molecule has 1 aliphatic heterocycles. The van der Waals surface area contributed by atoms with E-state index in [0.29, 0.717) is 0 Å². The van der Waals surface area contributed by atoms with Gasteiger partial charge in [0, 0.05) is 6.54 Å². The van der Waals surface area contributed by atoms with Crippen LogP contribution in [0.5, 0.6) is 5.75 Å². The number of aryl methyl sites for hydroxylation is 1. The van der Waals surface area contributed by atoms with Crippen LogP contribution in [0, 0.1) is 0 Å². The molecular weight excluding hydrogens is 198 g/mol. The van der Waals surface area contributed by atoms with Gasteiger partial charge in [0.15, 0.2) is 0 Å². The fraction of sp³-hybridized carbons (Fsp3) is 0.571. The highest BCUT2D eigenvalue weighted by Crippen LogP contribution is 2.27. The van der Waals surface area contributed by atoms with Crippen LogP contribution in [0.3, 0.4) is 0 Å². The third-order valence-electron chi connectivity index (χ3n) is 2.13. The highest BCUT2D eigenvalue weighted by atomic mass is 16.5. The van der Waals surface area contributed by atoms with E-state index < -0.39 is 0 Å². The number of hydrogen-bond donors (Lipinski definition) is 1. The quantitative estimate of drug-likeness (QED) is 0.773. The van der Waals surface area contributed by atoms with Gasteiger partial charge in [-0.15, -0.1) is 0 Å². The third kappa shape index (κ3) is 4.13. The molecule has 0 radical (unpaired) electrons. The van der Waals surface area contributed by atoms with Crippen LogP contribution >= 0.6 is 0 Å². The zero-order valence-electron chi connectivity index (χ0n) is 11.3. The van der Waals surface area contributed by atoms with Gasteiger partial charge in [0.05, 0.1) is 5.69 Å². The molecule has 1 aromatic rings. The molecule has 0 aliphatic carbocycles. The Kier molecular flexibility index (Phi) is 8.41. The Morgan fingerprint density at radius 2 is 1.88 bits per heavy atom. The summed E-state index contributed by atoms with van der Waals surface area (Å²) < 4.78 is 5.50. The summed E-state index contributed by atoms with van der Waals surface area (Å²) in [6.45, 7) is 11.8. The van der Waals surface area contributed by atoms with Gasteiger partial charge < -0.3 is 10.1 Å². The normalized spacial score (nSPS) is 11.6. The number of anilines is 1. The predicted octanol–water partition coefficient (Wildman–Crippen LogP) is 4.11. The number of fused-ring (bicyclic) bond motifs is 1. The van der Waals surface area contributed by atoms with Crippen molar-refractivity contribution in [3.63, 3.8) is 0 Å². The molecule has 1 heterocycles. The average Bonchev–Trinajstić information content (AvgIpc) is 2.42. The van der Waals surface area contributed by atoms with Crippen LogP contribution in [0.1, 0.15) is 40.2 Å². The van der Waals surface area contributed by atoms with E-state index in [4.69, 9.17) is 4.74 Å². The summed E-state index contributed by atoms with van der Waals surface area (Å²) in [4.78, 5) is 0. The molecule has 92 valence electrons. The maximum atomic E-state index is 5.50. The Morgan fingerprint density at radius 1 is 1.19 bits per heavy atom. The summed E-state index contributed by atoms with van der Waals surface area (Å²) in [5.41, 5.74) is 2.45. The van der Waals surface area contributed by atoms with Gasteiger partial charge >= 0.3 is 0 Å². The molecule has 0 fully saturated rings. The van der Waals surface area contributed by atoms with E-state index in [9.17, 15) is 0 Å². The van der Waals surface area contributed by atoms with E-state index in [2.05, 4.69) is 30.4 Å². The lowest BCUT2D eigenvalue weighted by Gasteiger charge is -2.19. The average molecular weight is 223 g/mol. The van der Waals surface area contributed by atoms with Gasteiger partial charge in [-0.2, -0.15) is 0 Å². The van der Waals surface area contributed by atoms with Crippen molar-refractivity contribution in [3.8, 4) is 5.75 Å². The number of rotatable bonds is 1. The number of hydrogen-bond acceptors (Lipinski definition) is 2. The van der Waals surface area contributed by atoms with Crippen molar-refractivity contribution in [3.05, 3.63) is 23.8 Å². The van der Waals surface area contributed by atoms with Crippen molar-refractivity contribution in [1.82, 2.24) is 0 Å². The zero-order valence-corrected chi connectivity index (χ0v) is 11.3. The van der Waals surface area contributed by atoms with Crippen LogP contribution in [0.25, 0.3) is 0 Å². The van der Waals surface area contributed by atoms with E-state index in [0.717, 1.165) is 31.0 Å². The molecule has 2 rings (SSSR count). The molecule has 2 nitrogen and oxygen atoms in total. The third-order valence-corrected chi connectivity index (χ3v) is 2.13. The van der Waals surface area contributed by atoms with E-state index in [-0.39, 0.29) is 0 Å². The molecule has 1 aromatic carbocycles. The summed E-state index contributed by atoms with van der Waals surface area (Å²) >= 11 is 0. The van der Waals surface area contributed by atoms with Crippen LogP contribution < -0.4 is 10.1 Å². The first-order valence-corrected chi connectivity index (χ1v) is 6.40. The minimum Gasteiger partial charge on any atom is -0.490 e. The van der Waals surface area contributed by atoms with E-state index in [1.54, 1.807) is 0 Å². The van der Waals surface area contributed by atoms with Crippen molar-refractivity contribution in [1.29, 1.82) is 0 Å². The molecule has 0 saturated carbocycles. The molecule has 0 unspecified atom stereocenters. The molecule has 0 atom stereocenters. The van der Waals surface area contributed by atoms with Gasteiger partial charge in [-0.3, -0.25) is 0 Å². The Morgan fingerprint density at radius 3 is 2.50 bits per heavy atom. The maximum absolute atomic E-state index is 5.50. The standard InChI is InChI=1S/C10H13NO.2C2H6/c1-2-8-3-4-9-10(7-8)12-6-5-11-9;2*1-2/h3-4,7,11H,2,5-6H2,1H3;2*1-2H3. The van der Waals surface area contributed by atoms with Gasteiger partial charge in [0.2, 0.25) is 0 Å². The predicted molar refractivity (Wildman–Crippen MR) is 72.5 cm³/mol. The fourth-order valence-corrected chi connectivity index (χ4v) is 1.40. The van der Waals surface area contributed by atoms with Crippen LogP contribution in [-0.4, -0.2) is 13.2 Å². The minimum absolute atomic E-state index is 0.778. The van der Waals surface area contributed by atoms with Crippen molar-refractivity contribution < 1.29 is 4.74 Å². The second-order valence-corrected chi connectivity index (χ2v) is 2.96. The molecule has 0 aromatic heterocycles. The summed E-state index contributed by atoms with van der Waals surface area (Å²) in [7, 11) is 0. The minimum atomic E-state index is 0.778. The molecule has 0 spiro atoms. The van der Waals surface area contributed by atoms with Gasteiger partial charge in [0.25, 0.3) is 0 Å². The van der Waals surface area contributed by atoms with Crippen LogP contribution in [0.15, 0.2) is 18.2 Å². The molecule has 2 heteroatoms. The molecule has 1 N–H and O–H groups in total. The highest BCUT2D eigenvalue weighted by Gasteiger charge is 2.08.